The second-order valence-corrected chi connectivity index (χ2v) is 9.30. The molecule has 12 heteroatoms. The number of esters is 4. The Morgan fingerprint density at radius 3 is 1.26 bits per heavy atom. The van der Waals surface area contributed by atoms with Gasteiger partial charge < -0.3 is 37.9 Å². The van der Waals surface area contributed by atoms with Gasteiger partial charge in [-0.05, 0) is 52.4 Å². The van der Waals surface area contributed by atoms with Gasteiger partial charge in [-0.15, -0.1) is 0 Å². The lowest BCUT2D eigenvalue weighted by Gasteiger charge is -2.17. The number of hydrogen-bond acceptors (Lipinski definition) is 12. The molecule has 0 aliphatic rings. The molecule has 0 bridgehead atoms. The van der Waals surface area contributed by atoms with Crippen LogP contribution in [0.15, 0.2) is 12.2 Å². The summed E-state index contributed by atoms with van der Waals surface area (Å²) in [5.74, 6) is -3.20. The first-order valence-corrected chi connectivity index (χ1v) is 14.9. The van der Waals surface area contributed by atoms with Crippen LogP contribution < -0.4 is 0 Å². The van der Waals surface area contributed by atoms with Gasteiger partial charge in [0.1, 0.15) is 13.2 Å². The van der Waals surface area contributed by atoms with Crippen molar-refractivity contribution in [2.45, 2.75) is 90.3 Å². The monoisotopic (exact) mass is 604 g/mol. The summed E-state index contributed by atoms with van der Waals surface area (Å²) in [6.07, 6.45) is 6.53. The van der Waals surface area contributed by atoms with Gasteiger partial charge in [0.15, 0.2) is 12.2 Å². The molecule has 0 spiro atoms. The minimum Gasteiger partial charge on any atom is -0.460 e. The molecule has 0 N–H and O–H groups in total. The van der Waals surface area contributed by atoms with Gasteiger partial charge in [-0.25, -0.2) is 19.2 Å². The SMILES string of the molecule is CCOCCCCCCC(OC(=O)/C=C/C(=O)OC(CCCCCCOCC)C(=O)OCCOC)C(=O)OCCOC. The molecule has 0 rings (SSSR count). The van der Waals surface area contributed by atoms with Crippen LogP contribution in [-0.4, -0.2) is 103 Å². The van der Waals surface area contributed by atoms with E-state index in [1.165, 1.54) is 14.2 Å². The highest BCUT2D eigenvalue weighted by molar-refractivity contribution is 5.93. The van der Waals surface area contributed by atoms with Gasteiger partial charge in [0.25, 0.3) is 0 Å². The molecule has 0 saturated heterocycles. The van der Waals surface area contributed by atoms with E-state index in [1.54, 1.807) is 0 Å². The lowest BCUT2D eigenvalue weighted by atomic mass is 10.1. The fourth-order valence-electron chi connectivity index (χ4n) is 3.65. The molecule has 0 aliphatic carbocycles. The van der Waals surface area contributed by atoms with E-state index in [0.29, 0.717) is 39.3 Å². The number of carbonyl (C=O) groups excluding carboxylic acids is 4. The van der Waals surface area contributed by atoms with Crippen molar-refractivity contribution in [3.63, 3.8) is 0 Å². The molecule has 0 heterocycles. The Labute approximate surface area is 250 Å². The molecule has 0 aromatic heterocycles. The Morgan fingerprint density at radius 1 is 0.524 bits per heavy atom. The second-order valence-electron chi connectivity index (χ2n) is 9.30. The van der Waals surface area contributed by atoms with Crippen LogP contribution in [0.4, 0.5) is 0 Å². The lowest BCUT2D eigenvalue weighted by Crippen LogP contribution is -2.30. The third-order valence-corrected chi connectivity index (χ3v) is 5.88. The lowest BCUT2D eigenvalue weighted by molar-refractivity contribution is -0.167. The third-order valence-electron chi connectivity index (χ3n) is 5.88. The average Bonchev–Trinajstić information content (AvgIpc) is 2.98. The summed E-state index contributed by atoms with van der Waals surface area (Å²) in [7, 11) is 2.96. The van der Waals surface area contributed by atoms with Crippen LogP contribution >= 0.6 is 0 Å². The largest absolute Gasteiger partial charge is 0.460 e. The normalized spacial score (nSPS) is 12.6. The minimum absolute atomic E-state index is 0.0221. The third kappa shape index (κ3) is 23.1. The highest BCUT2D eigenvalue weighted by atomic mass is 16.6. The van der Waals surface area contributed by atoms with E-state index >= 15 is 0 Å². The number of methoxy groups -OCH3 is 2. The quantitative estimate of drug-likeness (QED) is 0.0556. The van der Waals surface area contributed by atoms with Gasteiger partial charge in [-0.2, -0.15) is 0 Å². The Morgan fingerprint density at radius 2 is 0.905 bits per heavy atom. The number of carbonyl (C=O) groups is 4. The van der Waals surface area contributed by atoms with E-state index in [-0.39, 0.29) is 39.3 Å². The van der Waals surface area contributed by atoms with Gasteiger partial charge in [0.2, 0.25) is 0 Å². The first-order valence-electron chi connectivity index (χ1n) is 14.9. The summed E-state index contributed by atoms with van der Waals surface area (Å²) >= 11 is 0. The molecule has 0 radical (unpaired) electrons. The zero-order valence-electron chi connectivity index (χ0n) is 25.9. The summed E-state index contributed by atoms with van der Waals surface area (Å²) in [4.78, 5) is 49.8. The molecule has 0 fully saturated rings. The van der Waals surface area contributed by atoms with Crippen molar-refractivity contribution >= 4 is 23.9 Å². The zero-order valence-corrected chi connectivity index (χ0v) is 25.9. The van der Waals surface area contributed by atoms with Crippen molar-refractivity contribution in [2.24, 2.45) is 0 Å². The maximum absolute atomic E-state index is 12.5. The smallest absolute Gasteiger partial charge is 0.347 e. The molecular formula is C30H52O12. The molecule has 12 nitrogen and oxygen atoms in total. The maximum atomic E-state index is 12.5. The molecule has 0 aliphatic heterocycles. The summed E-state index contributed by atoms with van der Waals surface area (Å²) in [6, 6.07) is 0. The standard InChI is InChI=1S/C30H52O12/c1-5-37-19-13-9-7-11-15-25(29(33)39-23-21-35-3)41-27(31)17-18-28(32)42-26(30(34)40-24-22-36-4)16-12-8-10-14-20-38-6-2/h17-18,25-26H,5-16,19-24H2,1-4H3/b18-17+. The van der Waals surface area contributed by atoms with Crippen LogP contribution in [0.5, 0.6) is 0 Å². The van der Waals surface area contributed by atoms with E-state index < -0.39 is 36.1 Å². The molecular weight excluding hydrogens is 552 g/mol. The van der Waals surface area contributed by atoms with Crippen molar-refractivity contribution in [3.8, 4) is 0 Å². The van der Waals surface area contributed by atoms with Gasteiger partial charge >= 0.3 is 23.9 Å². The minimum atomic E-state index is -1.13. The predicted octanol–water partition coefficient (Wildman–Crippen LogP) is 3.72. The highest BCUT2D eigenvalue weighted by Gasteiger charge is 2.25. The Balaban J connectivity index is 4.95. The molecule has 0 aromatic rings. The molecule has 0 aromatic carbocycles. The summed E-state index contributed by atoms with van der Waals surface area (Å²) in [5.41, 5.74) is 0. The van der Waals surface area contributed by atoms with Crippen LogP contribution in [0, 0.1) is 0 Å². The number of unbranched alkanes of at least 4 members (excludes halogenated alkanes) is 6. The fourth-order valence-corrected chi connectivity index (χ4v) is 3.65. The van der Waals surface area contributed by atoms with Crippen LogP contribution in [0.25, 0.3) is 0 Å². The first kappa shape index (κ1) is 39.5. The van der Waals surface area contributed by atoms with E-state index in [2.05, 4.69) is 0 Å². The number of ether oxygens (including phenoxy) is 8. The fraction of sp³-hybridized carbons (Fsp3) is 0.800. The molecule has 244 valence electrons. The van der Waals surface area contributed by atoms with Crippen LogP contribution in [-0.2, 0) is 57.1 Å². The maximum Gasteiger partial charge on any atom is 0.347 e. The first-order chi connectivity index (χ1) is 20.4. The van der Waals surface area contributed by atoms with E-state index in [9.17, 15) is 19.2 Å². The van der Waals surface area contributed by atoms with E-state index in [4.69, 9.17) is 37.9 Å². The summed E-state index contributed by atoms with van der Waals surface area (Å²) in [5, 5.41) is 0. The van der Waals surface area contributed by atoms with Crippen molar-refractivity contribution in [1.29, 1.82) is 0 Å². The van der Waals surface area contributed by atoms with E-state index in [1.807, 2.05) is 13.8 Å². The molecule has 2 atom stereocenters. The van der Waals surface area contributed by atoms with Crippen molar-refractivity contribution in [2.75, 3.05) is 67.1 Å². The average molecular weight is 605 g/mol. The summed E-state index contributed by atoms with van der Waals surface area (Å²) < 4.78 is 41.2. The van der Waals surface area contributed by atoms with Crippen molar-refractivity contribution < 1.29 is 57.1 Å². The van der Waals surface area contributed by atoms with Crippen molar-refractivity contribution in [1.82, 2.24) is 0 Å². The molecule has 2 unspecified atom stereocenters. The summed E-state index contributed by atoms with van der Waals surface area (Å²) in [6.45, 7) is 7.02. The van der Waals surface area contributed by atoms with Gasteiger partial charge in [0.05, 0.1) is 13.2 Å². The molecule has 0 amide bonds. The highest BCUT2D eigenvalue weighted by Crippen LogP contribution is 2.13. The topological polar surface area (TPSA) is 142 Å². The number of hydrogen-bond donors (Lipinski definition) is 0. The van der Waals surface area contributed by atoms with Gasteiger partial charge in [-0.1, -0.05) is 25.7 Å². The van der Waals surface area contributed by atoms with Gasteiger partial charge in [-0.3, -0.25) is 0 Å². The zero-order chi connectivity index (χ0) is 31.3. The Hall–Kier alpha value is -2.54. The Bertz CT molecular complexity index is 680. The van der Waals surface area contributed by atoms with Crippen LogP contribution in [0.1, 0.15) is 78.1 Å². The second kappa shape index (κ2) is 28.6. The van der Waals surface area contributed by atoms with E-state index in [0.717, 1.165) is 50.7 Å². The molecule has 42 heavy (non-hydrogen) atoms. The van der Waals surface area contributed by atoms with Crippen molar-refractivity contribution in [3.05, 3.63) is 12.2 Å². The van der Waals surface area contributed by atoms with Crippen LogP contribution in [0.3, 0.4) is 0 Å². The predicted molar refractivity (Wildman–Crippen MR) is 154 cm³/mol. The van der Waals surface area contributed by atoms with Crippen LogP contribution in [0.2, 0.25) is 0 Å². The Kier molecular flexibility index (Phi) is 26.8. The van der Waals surface area contributed by atoms with Gasteiger partial charge in [0, 0.05) is 52.8 Å². The number of rotatable bonds is 28. The molecule has 0 saturated carbocycles.